The third-order valence-electron chi connectivity index (χ3n) is 7.20. The molecular weight excluding hydrogens is 398 g/mol. The van der Waals surface area contributed by atoms with Crippen molar-refractivity contribution in [3.05, 3.63) is 17.0 Å². The van der Waals surface area contributed by atoms with Gasteiger partial charge < -0.3 is 19.9 Å². The van der Waals surface area contributed by atoms with Crippen LogP contribution in [0.15, 0.2) is 0 Å². The summed E-state index contributed by atoms with van der Waals surface area (Å²) in [6, 6.07) is 0. The number of aryl methyl sites for hydroxylation is 2. The molecule has 0 aromatic carbocycles. The van der Waals surface area contributed by atoms with E-state index in [9.17, 15) is 14.7 Å². The summed E-state index contributed by atoms with van der Waals surface area (Å²) in [6.45, 7) is 5.14. The van der Waals surface area contributed by atoms with E-state index in [1.807, 2.05) is 11.6 Å². The van der Waals surface area contributed by atoms with Crippen LogP contribution < -0.4 is 5.32 Å². The van der Waals surface area contributed by atoms with Crippen molar-refractivity contribution in [1.29, 1.82) is 0 Å². The number of aliphatic hydroxyl groups excluding tert-OH is 1. The minimum Gasteiger partial charge on any atom is -0.465 e. The number of amides is 1. The van der Waals surface area contributed by atoms with E-state index in [1.54, 1.807) is 0 Å². The van der Waals surface area contributed by atoms with Crippen LogP contribution in [-0.4, -0.2) is 59.2 Å². The molecule has 3 aliphatic rings. The van der Waals surface area contributed by atoms with Gasteiger partial charge >= 0.3 is 5.97 Å². The highest BCUT2D eigenvalue weighted by molar-refractivity contribution is 5.97. The summed E-state index contributed by atoms with van der Waals surface area (Å²) >= 11 is 0. The van der Waals surface area contributed by atoms with Crippen molar-refractivity contribution in [3.8, 4) is 0 Å². The van der Waals surface area contributed by atoms with Crippen LogP contribution in [0.2, 0.25) is 0 Å². The fraction of sp³-hybridized carbons (Fsp3) is 0.783. The number of carbonyl (C=O) groups excluding carboxylic acids is 2. The summed E-state index contributed by atoms with van der Waals surface area (Å²) in [6.07, 6.45) is 6.55. The van der Waals surface area contributed by atoms with Crippen LogP contribution in [0.5, 0.6) is 0 Å². The Labute approximate surface area is 183 Å². The van der Waals surface area contributed by atoms with Crippen LogP contribution >= 0.6 is 0 Å². The lowest BCUT2D eigenvalue weighted by Crippen LogP contribution is -2.40. The zero-order valence-electron chi connectivity index (χ0n) is 18.5. The number of esters is 1. The van der Waals surface area contributed by atoms with Crippen LogP contribution in [0.4, 0.5) is 0 Å². The SMILES string of the molecule is CCc1nn(CCCOC(=O)[C@H]2CC[C@@H](O)CC2)c2c1C(=O)NCC1(CCOCC1)C2. The van der Waals surface area contributed by atoms with Gasteiger partial charge in [-0.2, -0.15) is 5.10 Å². The van der Waals surface area contributed by atoms with Crippen molar-refractivity contribution >= 4 is 11.9 Å². The molecule has 3 heterocycles. The molecule has 0 unspecified atom stereocenters. The molecular formula is C23H35N3O5. The quantitative estimate of drug-likeness (QED) is 0.526. The number of carbonyl (C=O) groups is 2. The van der Waals surface area contributed by atoms with Gasteiger partial charge in [-0.1, -0.05) is 6.92 Å². The average molecular weight is 434 g/mol. The van der Waals surface area contributed by atoms with E-state index in [1.165, 1.54) is 0 Å². The van der Waals surface area contributed by atoms with Gasteiger partial charge in [0.15, 0.2) is 0 Å². The Morgan fingerprint density at radius 1 is 1.29 bits per heavy atom. The van der Waals surface area contributed by atoms with Gasteiger partial charge in [-0.15, -0.1) is 0 Å². The Kier molecular flexibility index (Phi) is 6.96. The Morgan fingerprint density at radius 3 is 2.74 bits per heavy atom. The van der Waals surface area contributed by atoms with Gasteiger partial charge in [-0.3, -0.25) is 14.3 Å². The monoisotopic (exact) mass is 433 g/mol. The molecule has 8 heteroatoms. The van der Waals surface area contributed by atoms with E-state index in [-0.39, 0.29) is 29.3 Å². The zero-order chi connectivity index (χ0) is 21.8. The van der Waals surface area contributed by atoms with E-state index in [0.29, 0.717) is 58.2 Å². The minimum absolute atomic E-state index is 0.0209. The first-order valence-corrected chi connectivity index (χ1v) is 11.8. The number of rotatable bonds is 6. The largest absolute Gasteiger partial charge is 0.465 e. The number of nitrogens with zero attached hydrogens (tertiary/aromatic N) is 2. The predicted molar refractivity (Wildman–Crippen MR) is 114 cm³/mol. The average Bonchev–Trinajstić information content (AvgIpc) is 3.06. The van der Waals surface area contributed by atoms with Gasteiger partial charge in [0.05, 0.1) is 35.6 Å². The first-order valence-electron chi connectivity index (χ1n) is 11.8. The Morgan fingerprint density at radius 2 is 2.03 bits per heavy atom. The molecule has 2 fully saturated rings. The summed E-state index contributed by atoms with van der Waals surface area (Å²) in [5.41, 5.74) is 2.62. The molecule has 0 bridgehead atoms. The number of aliphatic hydroxyl groups is 1. The van der Waals surface area contributed by atoms with Gasteiger partial charge in [-0.25, -0.2) is 0 Å². The lowest BCUT2D eigenvalue weighted by Gasteiger charge is -2.36. The van der Waals surface area contributed by atoms with Crippen molar-refractivity contribution in [2.45, 2.75) is 77.4 Å². The lowest BCUT2D eigenvalue weighted by molar-refractivity contribution is -0.150. The van der Waals surface area contributed by atoms with Gasteiger partial charge in [-0.05, 0) is 56.8 Å². The van der Waals surface area contributed by atoms with Gasteiger partial charge in [0.25, 0.3) is 5.91 Å². The zero-order valence-corrected chi connectivity index (χ0v) is 18.5. The van der Waals surface area contributed by atoms with Gasteiger partial charge in [0.2, 0.25) is 0 Å². The molecule has 1 saturated heterocycles. The summed E-state index contributed by atoms with van der Waals surface area (Å²) in [4.78, 5) is 25.2. The third-order valence-corrected chi connectivity index (χ3v) is 7.20. The fourth-order valence-corrected chi connectivity index (χ4v) is 5.17. The third kappa shape index (κ3) is 4.95. The second-order valence-electron chi connectivity index (χ2n) is 9.34. The normalized spacial score (nSPS) is 25.5. The van der Waals surface area contributed by atoms with Crippen molar-refractivity contribution in [1.82, 2.24) is 15.1 Å². The number of ether oxygens (including phenoxy) is 2. The highest BCUT2D eigenvalue weighted by Gasteiger charge is 2.39. The molecule has 1 aromatic heterocycles. The molecule has 0 atom stereocenters. The standard InChI is InChI=1S/C23H35N3O5/c1-2-18-20-19(14-23(15-24-21(20)28)8-12-30-13-9-23)26(25-18)10-3-11-31-22(29)16-4-6-17(27)7-5-16/h16-17,27H,2-15H2,1H3,(H,24,28)/t16-,17+. The van der Waals surface area contributed by atoms with Crippen molar-refractivity contribution in [2.24, 2.45) is 11.3 Å². The molecule has 2 aliphatic heterocycles. The van der Waals surface area contributed by atoms with E-state index >= 15 is 0 Å². The van der Waals surface area contributed by atoms with Crippen molar-refractivity contribution < 1.29 is 24.2 Å². The maximum atomic E-state index is 12.9. The fourth-order valence-electron chi connectivity index (χ4n) is 5.17. The molecule has 8 nitrogen and oxygen atoms in total. The van der Waals surface area contributed by atoms with E-state index in [2.05, 4.69) is 5.32 Å². The molecule has 1 saturated carbocycles. The molecule has 0 radical (unpaired) electrons. The second-order valence-corrected chi connectivity index (χ2v) is 9.34. The van der Waals surface area contributed by atoms with E-state index in [4.69, 9.17) is 14.6 Å². The topological polar surface area (TPSA) is 103 Å². The van der Waals surface area contributed by atoms with Crippen molar-refractivity contribution in [2.75, 3.05) is 26.4 Å². The van der Waals surface area contributed by atoms with Crippen LogP contribution in [0.3, 0.4) is 0 Å². The number of hydrogen-bond acceptors (Lipinski definition) is 6. The number of fused-ring (bicyclic) bond motifs is 1. The van der Waals surface area contributed by atoms with Gasteiger partial charge in [0, 0.05) is 32.7 Å². The minimum atomic E-state index is -0.275. The summed E-state index contributed by atoms with van der Waals surface area (Å²) in [5, 5.41) is 17.5. The second kappa shape index (κ2) is 9.69. The molecule has 1 aromatic rings. The first kappa shape index (κ1) is 22.3. The van der Waals surface area contributed by atoms with E-state index in [0.717, 1.165) is 49.4 Å². The summed E-state index contributed by atoms with van der Waals surface area (Å²) in [5.74, 6) is -0.262. The highest BCUT2D eigenvalue weighted by Crippen LogP contribution is 2.37. The van der Waals surface area contributed by atoms with Crippen LogP contribution in [-0.2, 0) is 33.7 Å². The van der Waals surface area contributed by atoms with E-state index < -0.39 is 0 Å². The van der Waals surface area contributed by atoms with Crippen LogP contribution in [0.25, 0.3) is 0 Å². The molecule has 1 amide bonds. The van der Waals surface area contributed by atoms with Crippen molar-refractivity contribution in [3.63, 3.8) is 0 Å². The Bertz CT molecular complexity index is 791. The lowest BCUT2D eigenvalue weighted by atomic mass is 9.76. The molecule has 172 valence electrons. The summed E-state index contributed by atoms with van der Waals surface area (Å²) < 4.78 is 13.1. The molecule has 4 rings (SSSR count). The predicted octanol–water partition coefficient (Wildman–Crippen LogP) is 2.01. The molecule has 1 aliphatic carbocycles. The maximum absolute atomic E-state index is 12.9. The Hall–Kier alpha value is -1.93. The highest BCUT2D eigenvalue weighted by atomic mass is 16.5. The molecule has 2 N–H and O–H groups in total. The molecule has 31 heavy (non-hydrogen) atoms. The number of nitrogens with one attached hydrogen (secondary N) is 1. The first-order chi connectivity index (χ1) is 15.0. The molecule has 1 spiro atoms. The number of aromatic nitrogens is 2. The van der Waals surface area contributed by atoms with Gasteiger partial charge in [0.1, 0.15) is 0 Å². The Balaban J connectivity index is 1.40. The smallest absolute Gasteiger partial charge is 0.308 e. The maximum Gasteiger partial charge on any atom is 0.308 e. The number of hydrogen-bond donors (Lipinski definition) is 2. The van der Waals surface area contributed by atoms with Crippen LogP contribution in [0, 0.1) is 11.3 Å². The summed E-state index contributed by atoms with van der Waals surface area (Å²) in [7, 11) is 0. The van der Waals surface area contributed by atoms with Crippen LogP contribution in [0.1, 0.15) is 73.6 Å².